The summed E-state index contributed by atoms with van der Waals surface area (Å²) in [6.45, 7) is 6.30. The van der Waals surface area contributed by atoms with E-state index in [-0.39, 0.29) is 18.4 Å². The van der Waals surface area contributed by atoms with Crippen LogP contribution in [0, 0.1) is 6.92 Å². The fourth-order valence-corrected chi connectivity index (χ4v) is 4.70. The van der Waals surface area contributed by atoms with Gasteiger partial charge in [-0.15, -0.1) is 11.3 Å². The number of rotatable bonds is 5. The van der Waals surface area contributed by atoms with Crippen molar-refractivity contribution in [3.05, 3.63) is 39.8 Å². The summed E-state index contributed by atoms with van der Waals surface area (Å²) in [4.78, 5) is 34.9. The molecule has 2 aliphatic heterocycles. The number of piperazine rings is 1. The molecule has 2 amide bonds. The number of nitrogens with zero attached hydrogens (tertiary/aromatic N) is 3. The zero-order valence-electron chi connectivity index (χ0n) is 17.4. The summed E-state index contributed by atoms with van der Waals surface area (Å²) in [5.41, 5.74) is 0.911. The van der Waals surface area contributed by atoms with Crippen molar-refractivity contribution in [1.82, 2.24) is 14.8 Å². The molecule has 1 fully saturated rings. The number of amides is 2. The van der Waals surface area contributed by atoms with Gasteiger partial charge < -0.3 is 19.3 Å². The quantitative estimate of drug-likeness (QED) is 0.731. The van der Waals surface area contributed by atoms with Gasteiger partial charge in [0.25, 0.3) is 11.8 Å². The Bertz CT molecular complexity index is 921. The summed E-state index contributed by atoms with van der Waals surface area (Å²) in [5.74, 6) is 1.20. The maximum Gasteiger partial charge on any atom is 0.267 e. The minimum atomic E-state index is -0.646. The monoisotopic (exact) mass is 429 g/mol. The van der Waals surface area contributed by atoms with E-state index < -0.39 is 6.10 Å². The van der Waals surface area contributed by atoms with E-state index in [1.54, 1.807) is 11.0 Å². The van der Waals surface area contributed by atoms with Crippen molar-refractivity contribution in [2.24, 2.45) is 0 Å². The topological polar surface area (TPSA) is 72.0 Å². The van der Waals surface area contributed by atoms with E-state index in [1.807, 2.05) is 30.0 Å². The first-order chi connectivity index (χ1) is 14.6. The Labute approximate surface area is 180 Å². The van der Waals surface area contributed by atoms with Crippen LogP contribution < -0.4 is 9.47 Å². The zero-order chi connectivity index (χ0) is 21.1. The summed E-state index contributed by atoms with van der Waals surface area (Å²) in [5, 5.41) is 0.924. The molecule has 8 heteroatoms. The fourth-order valence-electron chi connectivity index (χ4n) is 3.77. The SMILES string of the molecule is CCCCc1nc(C)sc1C(=O)N1CCN(C(=O)C2COc3ccccc3O2)CC1. The lowest BCUT2D eigenvalue weighted by molar-refractivity contribution is -0.142. The van der Waals surface area contributed by atoms with Crippen LogP contribution in [0.1, 0.15) is 40.1 Å². The van der Waals surface area contributed by atoms with Gasteiger partial charge in [-0.25, -0.2) is 4.98 Å². The van der Waals surface area contributed by atoms with E-state index in [9.17, 15) is 9.59 Å². The third-order valence-electron chi connectivity index (χ3n) is 5.43. The van der Waals surface area contributed by atoms with Crippen molar-refractivity contribution in [2.45, 2.75) is 39.2 Å². The first-order valence-corrected chi connectivity index (χ1v) is 11.3. The van der Waals surface area contributed by atoms with Crippen molar-refractivity contribution >= 4 is 23.2 Å². The van der Waals surface area contributed by atoms with Gasteiger partial charge in [0.05, 0.1) is 10.7 Å². The maximum atomic E-state index is 13.1. The molecule has 1 atom stereocenters. The first kappa shape index (κ1) is 20.7. The van der Waals surface area contributed by atoms with Crippen LogP contribution in [0.3, 0.4) is 0 Å². The standard InChI is InChI=1S/C22H27N3O4S/c1-3-4-7-16-20(30-15(2)23-16)22(27)25-12-10-24(11-13-25)21(26)19-14-28-17-8-5-6-9-18(17)29-19/h5-6,8-9,19H,3-4,7,10-14H2,1-2H3. The van der Waals surface area contributed by atoms with Crippen LogP contribution in [0.2, 0.25) is 0 Å². The summed E-state index contributed by atoms with van der Waals surface area (Å²) in [6.07, 6.45) is 2.29. The van der Waals surface area contributed by atoms with Crippen LogP contribution in [-0.2, 0) is 11.2 Å². The predicted molar refractivity (Wildman–Crippen MR) is 114 cm³/mol. The molecule has 0 spiro atoms. The van der Waals surface area contributed by atoms with Gasteiger partial charge in [-0.3, -0.25) is 9.59 Å². The minimum Gasteiger partial charge on any atom is -0.485 e. The van der Waals surface area contributed by atoms with Gasteiger partial charge in [0.1, 0.15) is 11.5 Å². The summed E-state index contributed by atoms with van der Waals surface area (Å²) < 4.78 is 11.5. The smallest absolute Gasteiger partial charge is 0.267 e. The molecule has 0 aliphatic carbocycles. The minimum absolute atomic E-state index is 0.0324. The molecule has 4 rings (SSSR count). The molecular weight excluding hydrogens is 402 g/mol. The second-order valence-electron chi connectivity index (χ2n) is 7.59. The number of ether oxygens (including phenoxy) is 2. The molecule has 3 heterocycles. The molecule has 0 radical (unpaired) electrons. The van der Waals surface area contributed by atoms with Gasteiger partial charge in [0.15, 0.2) is 11.5 Å². The van der Waals surface area contributed by atoms with E-state index in [4.69, 9.17) is 9.47 Å². The number of thiazole rings is 1. The lowest BCUT2D eigenvalue weighted by atomic mass is 10.1. The van der Waals surface area contributed by atoms with Crippen molar-refractivity contribution in [2.75, 3.05) is 32.8 Å². The number of aryl methyl sites for hydroxylation is 2. The number of fused-ring (bicyclic) bond motifs is 1. The first-order valence-electron chi connectivity index (χ1n) is 10.5. The molecule has 7 nitrogen and oxygen atoms in total. The number of unbranched alkanes of at least 4 members (excludes halogenated alkanes) is 1. The highest BCUT2D eigenvalue weighted by Crippen LogP contribution is 2.31. The molecule has 2 aromatic rings. The summed E-state index contributed by atoms with van der Waals surface area (Å²) in [6, 6.07) is 7.36. The second kappa shape index (κ2) is 9.04. The van der Waals surface area contributed by atoms with Gasteiger partial charge in [-0.05, 0) is 31.9 Å². The lowest BCUT2D eigenvalue weighted by Gasteiger charge is -2.37. The largest absolute Gasteiger partial charge is 0.485 e. The Hall–Kier alpha value is -2.61. The van der Waals surface area contributed by atoms with Gasteiger partial charge in [-0.1, -0.05) is 25.5 Å². The number of benzene rings is 1. The van der Waals surface area contributed by atoms with Crippen LogP contribution in [0.25, 0.3) is 0 Å². The molecule has 0 bridgehead atoms. The Morgan fingerprint density at radius 1 is 1.13 bits per heavy atom. The molecule has 0 saturated carbocycles. The number of aromatic nitrogens is 1. The third kappa shape index (κ3) is 4.28. The van der Waals surface area contributed by atoms with Gasteiger partial charge in [0, 0.05) is 26.2 Å². The van der Waals surface area contributed by atoms with Gasteiger partial charge in [0.2, 0.25) is 6.10 Å². The van der Waals surface area contributed by atoms with E-state index in [0.717, 1.165) is 34.8 Å². The Morgan fingerprint density at radius 3 is 2.57 bits per heavy atom. The summed E-state index contributed by atoms with van der Waals surface area (Å²) >= 11 is 1.47. The Balaban J connectivity index is 1.35. The number of hydrogen-bond acceptors (Lipinski definition) is 6. The zero-order valence-corrected chi connectivity index (χ0v) is 18.2. The second-order valence-corrected chi connectivity index (χ2v) is 8.80. The highest BCUT2D eigenvalue weighted by molar-refractivity contribution is 7.13. The maximum absolute atomic E-state index is 13.1. The third-order valence-corrected chi connectivity index (χ3v) is 6.43. The van der Waals surface area contributed by atoms with E-state index in [0.29, 0.717) is 37.7 Å². The van der Waals surface area contributed by atoms with Crippen molar-refractivity contribution in [3.8, 4) is 11.5 Å². The molecule has 0 N–H and O–H groups in total. The van der Waals surface area contributed by atoms with Crippen LogP contribution in [0.4, 0.5) is 0 Å². The molecule has 1 aromatic heterocycles. The van der Waals surface area contributed by atoms with Crippen LogP contribution in [0.5, 0.6) is 11.5 Å². The molecule has 1 saturated heterocycles. The van der Waals surface area contributed by atoms with Gasteiger partial charge in [-0.2, -0.15) is 0 Å². The average Bonchev–Trinajstić information content (AvgIpc) is 3.16. The Morgan fingerprint density at radius 2 is 1.83 bits per heavy atom. The van der Waals surface area contributed by atoms with Crippen molar-refractivity contribution in [1.29, 1.82) is 0 Å². The molecule has 1 aromatic carbocycles. The van der Waals surface area contributed by atoms with Crippen LogP contribution in [0.15, 0.2) is 24.3 Å². The average molecular weight is 430 g/mol. The lowest BCUT2D eigenvalue weighted by Crippen LogP contribution is -2.55. The molecule has 1 unspecified atom stereocenters. The highest BCUT2D eigenvalue weighted by atomic mass is 32.1. The molecular formula is C22H27N3O4S. The molecule has 30 heavy (non-hydrogen) atoms. The number of hydrogen-bond donors (Lipinski definition) is 0. The summed E-state index contributed by atoms with van der Waals surface area (Å²) in [7, 11) is 0. The number of para-hydroxylation sites is 2. The highest BCUT2D eigenvalue weighted by Gasteiger charge is 2.34. The number of carbonyl (C=O) groups is 2. The predicted octanol–water partition coefficient (Wildman–Crippen LogP) is 2.92. The van der Waals surface area contributed by atoms with Gasteiger partial charge >= 0.3 is 0 Å². The van der Waals surface area contributed by atoms with Crippen LogP contribution in [-0.4, -0.2) is 65.5 Å². The fraction of sp³-hybridized carbons (Fsp3) is 0.500. The van der Waals surface area contributed by atoms with Crippen molar-refractivity contribution < 1.29 is 19.1 Å². The number of carbonyl (C=O) groups excluding carboxylic acids is 2. The molecule has 2 aliphatic rings. The van der Waals surface area contributed by atoms with Crippen molar-refractivity contribution in [3.63, 3.8) is 0 Å². The Kier molecular flexibility index (Phi) is 6.22. The van der Waals surface area contributed by atoms with Crippen LogP contribution >= 0.6 is 11.3 Å². The van der Waals surface area contributed by atoms with E-state index in [1.165, 1.54) is 11.3 Å². The van der Waals surface area contributed by atoms with E-state index >= 15 is 0 Å². The molecule has 160 valence electrons. The van der Waals surface area contributed by atoms with E-state index in [2.05, 4.69) is 11.9 Å². The normalized spacial score (nSPS) is 18.4.